The van der Waals surface area contributed by atoms with Gasteiger partial charge >= 0.3 is 0 Å². The number of hydrogen-bond acceptors (Lipinski definition) is 2. The number of benzene rings is 1. The third-order valence-corrected chi connectivity index (χ3v) is 1.48. The average molecular weight is 185 g/mol. The van der Waals surface area contributed by atoms with Gasteiger partial charge in [0.05, 0.1) is 4.91 Å². The second kappa shape index (κ2) is 3.36. The van der Waals surface area contributed by atoms with Crippen LogP contribution in [0.5, 0.6) is 0 Å². The lowest BCUT2D eigenvalue weighted by molar-refractivity contribution is -0.701. The second-order valence-electron chi connectivity index (χ2n) is 2.23. The third kappa shape index (κ3) is 1.46. The van der Waals surface area contributed by atoms with Crippen LogP contribution in [-0.4, -0.2) is 0 Å². The van der Waals surface area contributed by atoms with Crippen LogP contribution in [0, 0.1) is 4.91 Å². The summed E-state index contributed by atoms with van der Waals surface area (Å²) in [6, 6.07) is 9.08. The molecule has 1 aromatic carbocycles. The first-order chi connectivity index (χ1) is 5.36. The summed E-state index contributed by atoms with van der Waals surface area (Å²) in [6.07, 6.45) is 1.34. The van der Waals surface area contributed by atoms with Crippen LogP contribution < -0.4 is 4.60 Å². The fraction of sp³-hybridized carbons (Fsp3) is 0. The van der Waals surface area contributed by atoms with Crippen molar-refractivity contribution in [3.63, 3.8) is 0 Å². The average Bonchev–Trinajstić information content (AvgIpc) is 2.04. The molecule has 62 valence electrons. The predicted molar refractivity (Wildman–Crippen MR) is 46.8 cm³/mol. The number of aromatic nitrogens is 1. The SMILES string of the molecule is Cl.O=[n+]1ccc2ccccc2o1. The van der Waals surface area contributed by atoms with E-state index in [2.05, 4.69) is 0 Å². The van der Waals surface area contributed by atoms with Gasteiger partial charge < -0.3 is 0 Å². The number of hydrogen-bond donors (Lipinski definition) is 0. The zero-order valence-corrected chi connectivity index (χ0v) is 6.95. The minimum atomic E-state index is 0. The molecule has 0 atom stereocenters. The number of rotatable bonds is 0. The van der Waals surface area contributed by atoms with E-state index in [0.717, 1.165) is 5.39 Å². The molecule has 0 saturated heterocycles. The fourth-order valence-corrected chi connectivity index (χ4v) is 0.970. The molecule has 0 fully saturated rings. The summed E-state index contributed by atoms with van der Waals surface area (Å²) in [7, 11) is 0. The van der Waals surface area contributed by atoms with Crippen LogP contribution in [0.3, 0.4) is 0 Å². The normalized spacial score (nSPS) is 9.33. The van der Waals surface area contributed by atoms with Crippen LogP contribution in [0.4, 0.5) is 0 Å². The van der Waals surface area contributed by atoms with Gasteiger partial charge in [-0.2, -0.15) is 4.52 Å². The summed E-state index contributed by atoms with van der Waals surface area (Å²) in [5.41, 5.74) is 0.602. The highest BCUT2D eigenvalue weighted by molar-refractivity contribution is 5.85. The first-order valence-corrected chi connectivity index (χ1v) is 3.28. The summed E-state index contributed by atoms with van der Waals surface area (Å²) < 4.78 is 5.26. The standard InChI is InChI=1S/C8H6NO2.ClH/c10-9-6-5-7-3-1-2-4-8(7)11-9;/h1-6H;1H/q+1;. The van der Waals surface area contributed by atoms with Crippen molar-refractivity contribution in [3.05, 3.63) is 41.4 Å². The van der Waals surface area contributed by atoms with Crippen LogP contribution in [0.15, 0.2) is 41.1 Å². The molecule has 3 nitrogen and oxygen atoms in total. The van der Waals surface area contributed by atoms with Gasteiger partial charge in [-0.3, -0.25) is 0 Å². The van der Waals surface area contributed by atoms with Crippen molar-refractivity contribution < 1.29 is 9.12 Å². The highest BCUT2D eigenvalue weighted by Gasteiger charge is 1.98. The first kappa shape index (κ1) is 8.74. The zero-order valence-electron chi connectivity index (χ0n) is 6.14. The van der Waals surface area contributed by atoms with Gasteiger partial charge in [0, 0.05) is 11.5 Å². The molecule has 1 heterocycles. The minimum Gasteiger partial charge on any atom is -0.185 e. The van der Waals surface area contributed by atoms with E-state index < -0.39 is 0 Å². The molecule has 0 N–H and O–H groups in total. The number of halogens is 1. The van der Waals surface area contributed by atoms with Gasteiger partial charge in [0.25, 0.3) is 10.8 Å². The zero-order chi connectivity index (χ0) is 7.68. The molecule has 12 heavy (non-hydrogen) atoms. The first-order valence-electron chi connectivity index (χ1n) is 3.28. The minimum absolute atomic E-state index is 0. The monoisotopic (exact) mass is 184 g/mol. The van der Waals surface area contributed by atoms with E-state index in [1.54, 1.807) is 12.1 Å². The molecule has 1 aromatic heterocycles. The predicted octanol–water partition coefficient (Wildman–Crippen LogP) is 1.77. The van der Waals surface area contributed by atoms with Crippen LogP contribution in [0.1, 0.15) is 0 Å². The maximum absolute atomic E-state index is 10.6. The Balaban J connectivity index is 0.000000720. The Bertz CT molecular complexity index is 438. The molecule has 0 spiro atoms. The smallest absolute Gasteiger partial charge is 0.185 e. The van der Waals surface area contributed by atoms with Crippen molar-refractivity contribution in [3.8, 4) is 0 Å². The molecule has 0 bridgehead atoms. The number of fused-ring (bicyclic) bond motifs is 1. The molecular formula is C8H7ClNO2+. The van der Waals surface area contributed by atoms with Gasteiger partial charge in [-0.25, -0.2) is 0 Å². The highest BCUT2D eigenvalue weighted by Crippen LogP contribution is 2.08. The van der Waals surface area contributed by atoms with Crippen LogP contribution in [0.25, 0.3) is 11.0 Å². The molecular weight excluding hydrogens is 178 g/mol. The Labute approximate surface area is 74.6 Å². The molecule has 0 aliphatic carbocycles. The third-order valence-electron chi connectivity index (χ3n) is 1.48. The van der Waals surface area contributed by atoms with E-state index in [1.165, 1.54) is 6.20 Å². The lowest BCUT2D eigenvalue weighted by Gasteiger charge is -1.85. The van der Waals surface area contributed by atoms with Gasteiger partial charge in [-0.1, -0.05) is 18.2 Å². The molecule has 2 rings (SSSR count). The number of para-hydroxylation sites is 1. The van der Waals surface area contributed by atoms with Crippen LogP contribution in [-0.2, 0) is 0 Å². The van der Waals surface area contributed by atoms with E-state index in [4.69, 9.17) is 4.52 Å². The Morgan fingerprint density at radius 3 is 2.75 bits per heavy atom. The fourth-order valence-electron chi connectivity index (χ4n) is 0.970. The summed E-state index contributed by atoms with van der Waals surface area (Å²) in [4.78, 5) is 10.6. The van der Waals surface area contributed by atoms with Gasteiger partial charge in [0.1, 0.15) is 0 Å². The highest BCUT2D eigenvalue weighted by atomic mass is 35.5. The van der Waals surface area contributed by atoms with Gasteiger partial charge in [-0.05, 0) is 6.07 Å². The van der Waals surface area contributed by atoms with Crippen molar-refractivity contribution >= 4 is 23.4 Å². The van der Waals surface area contributed by atoms with Crippen molar-refractivity contribution in [1.29, 1.82) is 0 Å². The summed E-state index contributed by atoms with van der Waals surface area (Å²) in [6.45, 7) is 0. The van der Waals surface area contributed by atoms with Gasteiger partial charge in [0.2, 0.25) is 5.58 Å². The maximum Gasteiger partial charge on any atom is 0.283 e. The van der Waals surface area contributed by atoms with Crippen molar-refractivity contribution in [2.75, 3.05) is 0 Å². The van der Waals surface area contributed by atoms with Gasteiger partial charge in [0.15, 0.2) is 0 Å². The van der Waals surface area contributed by atoms with Crippen LogP contribution in [0.2, 0.25) is 0 Å². The summed E-state index contributed by atoms with van der Waals surface area (Å²) in [5.74, 6) is 0. The van der Waals surface area contributed by atoms with E-state index in [0.29, 0.717) is 10.2 Å². The van der Waals surface area contributed by atoms with Crippen molar-refractivity contribution in [2.24, 2.45) is 0 Å². The summed E-state index contributed by atoms with van der Waals surface area (Å²) >= 11 is 0. The molecule has 0 saturated carbocycles. The Morgan fingerprint density at radius 1 is 1.17 bits per heavy atom. The molecule has 0 aliphatic heterocycles. The van der Waals surface area contributed by atoms with Crippen LogP contribution >= 0.6 is 12.4 Å². The van der Waals surface area contributed by atoms with E-state index in [9.17, 15) is 4.91 Å². The molecule has 0 aliphatic rings. The van der Waals surface area contributed by atoms with E-state index >= 15 is 0 Å². The quantitative estimate of drug-likeness (QED) is 0.626. The van der Waals surface area contributed by atoms with E-state index in [-0.39, 0.29) is 12.4 Å². The Morgan fingerprint density at radius 2 is 1.92 bits per heavy atom. The Hall–Kier alpha value is -1.35. The molecule has 0 radical (unpaired) electrons. The largest absolute Gasteiger partial charge is 0.283 e. The second-order valence-corrected chi connectivity index (χ2v) is 2.23. The lowest BCUT2D eigenvalue weighted by Crippen LogP contribution is -2.09. The van der Waals surface area contributed by atoms with Crippen molar-refractivity contribution in [2.45, 2.75) is 0 Å². The molecule has 0 amide bonds. The number of nitrogens with zero attached hydrogens (tertiary/aromatic N) is 1. The summed E-state index contributed by atoms with van der Waals surface area (Å²) in [5, 5.41) is 0.930. The topological polar surface area (TPSA) is 36.1 Å². The van der Waals surface area contributed by atoms with Gasteiger partial charge in [-0.15, -0.1) is 12.4 Å². The van der Waals surface area contributed by atoms with Crippen molar-refractivity contribution in [1.82, 2.24) is 0 Å². The van der Waals surface area contributed by atoms with E-state index in [1.807, 2.05) is 18.2 Å². The maximum atomic E-state index is 10.6. The molecule has 4 heteroatoms. The molecule has 2 aromatic rings. The lowest BCUT2D eigenvalue weighted by atomic mass is 10.2. The Kier molecular flexibility index (Phi) is 2.45. The molecule has 0 unspecified atom stereocenters.